The van der Waals surface area contributed by atoms with E-state index in [2.05, 4.69) is 4.42 Å². The van der Waals surface area contributed by atoms with Crippen LogP contribution in [0.5, 0.6) is 0 Å². The molecule has 0 aliphatic rings. The first kappa shape index (κ1) is 19.6. The summed E-state index contributed by atoms with van der Waals surface area (Å²) in [6.45, 7) is 1.00. The largest absolute Gasteiger partial charge is 0.478 e. The minimum absolute atomic E-state index is 0.0231. The molecule has 0 aliphatic heterocycles. The molecule has 8 nitrogen and oxygen atoms in total. The molecule has 0 saturated carbocycles. The summed E-state index contributed by atoms with van der Waals surface area (Å²) in [6.07, 6.45) is 1.32. The third-order valence-corrected chi connectivity index (χ3v) is 2.05. The summed E-state index contributed by atoms with van der Waals surface area (Å²) in [7, 11) is 0. The van der Waals surface area contributed by atoms with E-state index in [1.165, 1.54) is 18.4 Å². The molecule has 0 aliphatic carbocycles. The number of furan rings is 1. The number of Topliss-reactive ketones (excluding diaryl/α,β-unsaturated/α-hetero) is 1. The summed E-state index contributed by atoms with van der Waals surface area (Å²) in [6, 6.07) is 11.2. The van der Waals surface area contributed by atoms with E-state index in [9.17, 15) is 19.2 Å². The van der Waals surface area contributed by atoms with Crippen LogP contribution in [0.3, 0.4) is 0 Å². The highest BCUT2D eigenvalue weighted by atomic mass is 16.4. The number of hydrogen-bond acceptors (Lipinski definition) is 5. The van der Waals surface area contributed by atoms with Crippen LogP contribution in [-0.2, 0) is 9.59 Å². The van der Waals surface area contributed by atoms with Crippen LogP contribution in [0.2, 0.25) is 0 Å². The molecule has 2 rings (SSSR count). The Morgan fingerprint density at radius 1 is 0.826 bits per heavy atom. The number of carbonyl (C=O) groups excluding carboxylic acids is 1. The smallest absolute Gasteiger partial charge is 0.371 e. The Balaban J connectivity index is 0.000000323. The minimum Gasteiger partial charge on any atom is -0.478 e. The van der Waals surface area contributed by atoms with Crippen molar-refractivity contribution in [2.75, 3.05) is 0 Å². The molecule has 8 heteroatoms. The summed E-state index contributed by atoms with van der Waals surface area (Å²) >= 11 is 0. The zero-order chi connectivity index (χ0) is 17.8. The van der Waals surface area contributed by atoms with Crippen LogP contribution in [0.1, 0.15) is 27.8 Å². The van der Waals surface area contributed by atoms with Gasteiger partial charge >= 0.3 is 17.9 Å². The van der Waals surface area contributed by atoms with Crippen LogP contribution in [0.25, 0.3) is 0 Å². The van der Waals surface area contributed by atoms with Crippen molar-refractivity contribution in [2.24, 2.45) is 0 Å². The standard InChI is InChI=1S/C7H6O2.C5H4O3.C3H4O3/c8-7(9)6-4-2-1-3-5-6;6-5(7)4-2-1-3-8-4;1-2(4)3(5)6/h1-5H,(H,8,9);1-3H,(H,6,7);1H3,(H,5,6). The Kier molecular flexibility index (Phi) is 8.79. The van der Waals surface area contributed by atoms with Crippen LogP contribution < -0.4 is 0 Å². The molecular formula is C15H14O8. The van der Waals surface area contributed by atoms with E-state index in [0.29, 0.717) is 5.56 Å². The highest BCUT2D eigenvalue weighted by Crippen LogP contribution is 1.97. The van der Waals surface area contributed by atoms with Gasteiger partial charge in [0, 0.05) is 6.92 Å². The van der Waals surface area contributed by atoms with E-state index in [1.807, 2.05) is 0 Å². The summed E-state index contributed by atoms with van der Waals surface area (Å²) in [5.41, 5.74) is 0.331. The second kappa shape index (κ2) is 10.3. The molecule has 2 aromatic rings. The number of carboxylic acids is 3. The Morgan fingerprint density at radius 3 is 1.57 bits per heavy atom. The fraction of sp³-hybridized carbons (Fsp3) is 0.0667. The molecule has 1 heterocycles. The van der Waals surface area contributed by atoms with Gasteiger partial charge in [0.1, 0.15) is 0 Å². The minimum atomic E-state index is -1.38. The lowest BCUT2D eigenvalue weighted by molar-refractivity contribution is -0.148. The molecular weight excluding hydrogens is 308 g/mol. The third kappa shape index (κ3) is 9.19. The Hall–Kier alpha value is -3.42. The summed E-state index contributed by atoms with van der Waals surface area (Å²) in [4.78, 5) is 39.1. The van der Waals surface area contributed by atoms with Crippen molar-refractivity contribution < 1.29 is 38.9 Å². The Morgan fingerprint density at radius 2 is 1.35 bits per heavy atom. The van der Waals surface area contributed by atoms with Gasteiger partial charge in [-0.15, -0.1) is 0 Å². The number of carboxylic acid groups (broad SMARTS) is 3. The van der Waals surface area contributed by atoms with Crippen LogP contribution in [-0.4, -0.2) is 39.0 Å². The van der Waals surface area contributed by atoms with E-state index in [-0.39, 0.29) is 5.76 Å². The summed E-state index contributed by atoms with van der Waals surface area (Å²) in [5.74, 6) is -4.14. The fourth-order valence-electron chi connectivity index (χ4n) is 0.981. The predicted octanol–water partition coefficient (Wildman–Crippen LogP) is 2.02. The molecule has 0 fully saturated rings. The van der Waals surface area contributed by atoms with Crippen molar-refractivity contribution in [3.63, 3.8) is 0 Å². The number of hydrogen-bond donors (Lipinski definition) is 3. The van der Waals surface area contributed by atoms with Gasteiger partial charge in [-0.1, -0.05) is 18.2 Å². The normalized spacial score (nSPS) is 8.57. The second-order valence-corrected chi connectivity index (χ2v) is 3.81. The average molecular weight is 322 g/mol. The van der Waals surface area contributed by atoms with Gasteiger partial charge < -0.3 is 19.7 Å². The number of benzene rings is 1. The second-order valence-electron chi connectivity index (χ2n) is 3.81. The maximum absolute atomic E-state index is 10.2. The van der Waals surface area contributed by atoms with Crippen molar-refractivity contribution in [1.82, 2.24) is 0 Å². The SMILES string of the molecule is CC(=O)C(=O)O.O=C(O)c1ccccc1.O=C(O)c1ccco1. The van der Waals surface area contributed by atoms with Crippen LogP contribution in [0.15, 0.2) is 53.1 Å². The van der Waals surface area contributed by atoms with E-state index >= 15 is 0 Å². The van der Waals surface area contributed by atoms with Gasteiger partial charge in [-0.25, -0.2) is 14.4 Å². The van der Waals surface area contributed by atoms with E-state index in [4.69, 9.17) is 15.3 Å². The molecule has 0 saturated heterocycles. The third-order valence-electron chi connectivity index (χ3n) is 2.05. The van der Waals surface area contributed by atoms with E-state index < -0.39 is 23.7 Å². The monoisotopic (exact) mass is 322 g/mol. The van der Waals surface area contributed by atoms with Gasteiger partial charge in [0.2, 0.25) is 11.5 Å². The number of aliphatic carboxylic acids is 1. The first-order chi connectivity index (χ1) is 10.8. The van der Waals surface area contributed by atoms with Crippen LogP contribution in [0, 0.1) is 0 Å². The highest BCUT2D eigenvalue weighted by molar-refractivity contribution is 6.31. The number of carbonyl (C=O) groups is 4. The molecule has 1 aromatic carbocycles. The van der Waals surface area contributed by atoms with Crippen LogP contribution >= 0.6 is 0 Å². The maximum atomic E-state index is 10.2. The predicted molar refractivity (Wildman–Crippen MR) is 77.4 cm³/mol. The van der Waals surface area contributed by atoms with Crippen molar-refractivity contribution in [3.05, 3.63) is 60.1 Å². The van der Waals surface area contributed by atoms with E-state index in [0.717, 1.165) is 6.92 Å². The quantitative estimate of drug-likeness (QED) is 0.728. The van der Waals surface area contributed by atoms with Crippen LogP contribution in [0.4, 0.5) is 0 Å². The molecule has 0 amide bonds. The average Bonchev–Trinajstić information content (AvgIpc) is 3.04. The molecule has 0 bridgehead atoms. The lowest BCUT2D eigenvalue weighted by Crippen LogP contribution is -2.05. The zero-order valence-electron chi connectivity index (χ0n) is 12.0. The molecule has 0 atom stereocenters. The van der Waals surface area contributed by atoms with Crippen molar-refractivity contribution in [2.45, 2.75) is 6.92 Å². The van der Waals surface area contributed by atoms with Gasteiger partial charge in [0.15, 0.2) is 0 Å². The molecule has 0 radical (unpaired) electrons. The highest BCUT2D eigenvalue weighted by Gasteiger charge is 2.01. The molecule has 122 valence electrons. The molecule has 3 N–H and O–H groups in total. The lowest BCUT2D eigenvalue weighted by Gasteiger charge is -1.88. The molecule has 0 unspecified atom stereocenters. The topological polar surface area (TPSA) is 142 Å². The first-order valence-electron chi connectivity index (χ1n) is 6.04. The van der Waals surface area contributed by atoms with Gasteiger partial charge in [0.05, 0.1) is 11.8 Å². The Bertz CT molecular complexity index is 631. The van der Waals surface area contributed by atoms with E-state index in [1.54, 1.807) is 30.3 Å². The lowest BCUT2D eigenvalue weighted by atomic mass is 10.2. The number of rotatable bonds is 3. The first-order valence-corrected chi connectivity index (χ1v) is 6.04. The van der Waals surface area contributed by atoms with Gasteiger partial charge in [-0.2, -0.15) is 0 Å². The summed E-state index contributed by atoms with van der Waals surface area (Å²) in [5, 5.41) is 24.2. The molecule has 1 aromatic heterocycles. The van der Waals surface area contributed by atoms with Crippen molar-refractivity contribution >= 4 is 23.7 Å². The van der Waals surface area contributed by atoms with Crippen molar-refractivity contribution in [3.8, 4) is 0 Å². The number of ketones is 1. The summed E-state index contributed by atoms with van der Waals surface area (Å²) < 4.78 is 4.50. The molecule has 0 spiro atoms. The van der Waals surface area contributed by atoms with Gasteiger partial charge in [-0.05, 0) is 24.3 Å². The number of aromatic carboxylic acids is 2. The maximum Gasteiger partial charge on any atom is 0.371 e. The van der Waals surface area contributed by atoms with Gasteiger partial charge in [0.25, 0.3) is 0 Å². The fourth-order valence-corrected chi connectivity index (χ4v) is 0.981. The van der Waals surface area contributed by atoms with Gasteiger partial charge in [-0.3, -0.25) is 4.79 Å². The van der Waals surface area contributed by atoms with Crippen molar-refractivity contribution in [1.29, 1.82) is 0 Å². The molecule has 23 heavy (non-hydrogen) atoms. The zero-order valence-corrected chi connectivity index (χ0v) is 12.0. The Labute approximate surface area is 130 Å².